The molecular weight excluding hydrogens is 400 g/mol. The van der Waals surface area contributed by atoms with E-state index < -0.39 is 0 Å². The van der Waals surface area contributed by atoms with Crippen molar-refractivity contribution in [3.8, 4) is 0 Å². The smallest absolute Gasteiger partial charge is 0.338 e. The van der Waals surface area contributed by atoms with E-state index in [4.69, 9.17) is 18.9 Å². The van der Waals surface area contributed by atoms with Crippen molar-refractivity contribution in [1.29, 1.82) is 0 Å². The summed E-state index contributed by atoms with van der Waals surface area (Å²) in [5.74, 6) is -0.675. The summed E-state index contributed by atoms with van der Waals surface area (Å²) in [5.41, 5.74) is 1.05. The van der Waals surface area contributed by atoms with Crippen molar-refractivity contribution in [2.24, 2.45) is 0 Å². The van der Waals surface area contributed by atoms with Crippen LogP contribution < -0.4 is 0 Å². The second kappa shape index (κ2) is 9.00. The molecule has 6 nitrogen and oxygen atoms in total. The van der Waals surface area contributed by atoms with Crippen LogP contribution in [0.15, 0.2) is 58.3 Å². The Balaban J connectivity index is 1.24. The average molecular weight is 418 g/mol. The highest BCUT2D eigenvalue weighted by atomic mass is 33.1. The van der Waals surface area contributed by atoms with Crippen LogP contribution in [0.2, 0.25) is 0 Å². The van der Waals surface area contributed by atoms with Crippen molar-refractivity contribution < 1.29 is 28.5 Å². The summed E-state index contributed by atoms with van der Waals surface area (Å²) in [6, 6.07) is 14.5. The standard InChI is InChI=1S/C20H18O6S2/c21-19(25-11-15-9-23-15)13-1-5-17(6-2-13)27-28-18-7-3-14(4-8-18)20(22)26-12-16-10-24-16/h1-8,15-16H,9-12H2. The van der Waals surface area contributed by atoms with Gasteiger partial charge in [-0.25, -0.2) is 9.59 Å². The average Bonchev–Trinajstić information content (AvgIpc) is 3.64. The molecule has 0 saturated carbocycles. The molecule has 28 heavy (non-hydrogen) atoms. The molecule has 2 heterocycles. The summed E-state index contributed by atoms with van der Waals surface area (Å²) >= 11 is 0. The number of hydrogen-bond donors (Lipinski definition) is 0. The number of ether oxygens (including phenoxy) is 4. The molecule has 2 aromatic carbocycles. The van der Waals surface area contributed by atoms with E-state index in [0.717, 1.165) is 9.79 Å². The maximum atomic E-state index is 11.9. The van der Waals surface area contributed by atoms with Crippen molar-refractivity contribution in [2.75, 3.05) is 26.4 Å². The molecule has 146 valence electrons. The van der Waals surface area contributed by atoms with Crippen molar-refractivity contribution >= 4 is 33.5 Å². The molecule has 0 N–H and O–H groups in total. The second-order valence-electron chi connectivity index (χ2n) is 6.32. The molecule has 0 radical (unpaired) electrons. The second-order valence-corrected chi connectivity index (χ2v) is 8.60. The van der Waals surface area contributed by atoms with Crippen LogP contribution in [0.3, 0.4) is 0 Å². The molecule has 2 aliphatic heterocycles. The molecule has 0 amide bonds. The molecule has 0 spiro atoms. The zero-order valence-electron chi connectivity index (χ0n) is 14.9. The maximum Gasteiger partial charge on any atom is 0.338 e. The first kappa shape index (κ1) is 19.3. The van der Waals surface area contributed by atoms with Gasteiger partial charge >= 0.3 is 11.9 Å². The van der Waals surface area contributed by atoms with Gasteiger partial charge in [0.2, 0.25) is 0 Å². The molecule has 8 heteroatoms. The summed E-state index contributed by atoms with van der Waals surface area (Å²) < 4.78 is 20.4. The molecule has 0 bridgehead atoms. The van der Waals surface area contributed by atoms with Gasteiger partial charge in [-0.3, -0.25) is 0 Å². The number of rotatable bonds is 9. The fourth-order valence-electron chi connectivity index (χ4n) is 2.22. The van der Waals surface area contributed by atoms with Gasteiger partial charge in [-0.1, -0.05) is 21.6 Å². The minimum atomic E-state index is -0.338. The largest absolute Gasteiger partial charge is 0.459 e. The highest BCUT2D eigenvalue weighted by Gasteiger charge is 2.25. The van der Waals surface area contributed by atoms with Crippen molar-refractivity contribution in [2.45, 2.75) is 22.0 Å². The van der Waals surface area contributed by atoms with Gasteiger partial charge in [0.1, 0.15) is 25.4 Å². The molecule has 2 atom stereocenters. The van der Waals surface area contributed by atoms with Gasteiger partial charge in [-0.15, -0.1) is 0 Å². The summed E-state index contributed by atoms with van der Waals surface area (Å²) in [6.07, 6.45) is 0.131. The van der Waals surface area contributed by atoms with E-state index in [1.165, 1.54) is 0 Å². The van der Waals surface area contributed by atoms with E-state index in [2.05, 4.69) is 0 Å². The number of benzene rings is 2. The highest BCUT2D eigenvalue weighted by Crippen LogP contribution is 2.37. The van der Waals surface area contributed by atoms with Crippen molar-refractivity contribution in [3.63, 3.8) is 0 Å². The normalized spacial score (nSPS) is 19.7. The molecule has 2 unspecified atom stereocenters. The third-order valence-electron chi connectivity index (χ3n) is 4.02. The number of carbonyl (C=O) groups excluding carboxylic acids is 2. The number of hydrogen-bond acceptors (Lipinski definition) is 8. The van der Waals surface area contributed by atoms with Crippen molar-refractivity contribution in [1.82, 2.24) is 0 Å². The monoisotopic (exact) mass is 418 g/mol. The molecule has 2 aromatic rings. The summed E-state index contributed by atoms with van der Waals surface area (Å²) in [7, 11) is 3.14. The summed E-state index contributed by atoms with van der Waals surface area (Å²) in [6.45, 7) is 1.95. The SMILES string of the molecule is O=C(OCC1CO1)c1ccc(SSc2ccc(C(=O)OCC3CO3)cc2)cc1. The molecular formula is C20H18O6S2. The molecule has 4 rings (SSSR count). The summed E-state index contributed by atoms with van der Waals surface area (Å²) in [5, 5.41) is 0. The van der Waals surface area contributed by atoms with E-state index in [-0.39, 0.29) is 24.1 Å². The first-order valence-electron chi connectivity index (χ1n) is 8.79. The lowest BCUT2D eigenvalue weighted by atomic mass is 10.2. The minimum Gasteiger partial charge on any atom is -0.459 e. The zero-order chi connectivity index (χ0) is 19.3. The number of carbonyl (C=O) groups is 2. The van der Waals surface area contributed by atoms with Crippen molar-refractivity contribution in [3.05, 3.63) is 59.7 Å². The molecule has 0 aromatic heterocycles. The van der Waals surface area contributed by atoms with Gasteiger partial charge in [-0.05, 0) is 48.5 Å². The lowest BCUT2D eigenvalue weighted by Gasteiger charge is -2.06. The van der Waals surface area contributed by atoms with E-state index in [9.17, 15) is 9.59 Å². The Labute approximate surface area is 170 Å². The van der Waals surface area contributed by atoms with E-state index in [1.807, 2.05) is 24.3 Å². The maximum absolute atomic E-state index is 11.9. The van der Waals surface area contributed by atoms with Gasteiger partial charge in [0, 0.05) is 9.79 Å². The van der Waals surface area contributed by atoms with Gasteiger partial charge < -0.3 is 18.9 Å². The first-order valence-corrected chi connectivity index (χ1v) is 10.9. The number of esters is 2. The Hall–Kier alpha value is -2.00. The van der Waals surface area contributed by atoms with Crippen LogP contribution in [0.5, 0.6) is 0 Å². The van der Waals surface area contributed by atoms with Crippen LogP contribution >= 0.6 is 21.6 Å². The fourth-order valence-corrected chi connectivity index (χ4v) is 4.15. The zero-order valence-corrected chi connectivity index (χ0v) is 16.5. The Morgan fingerprint density at radius 2 is 1.11 bits per heavy atom. The molecule has 2 fully saturated rings. The van der Waals surface area contributed by atoms with Crippen LogP contribution in [0.4, 0.5) is 0 Å². The van der Waals surface area contributed by atoms with E-state index in [0.29, 0.717) is 37.6 Å². The van der Waals surface area contributed by atoms with Crippen LogP contribution in [0.25, 0.3) is 0 Å². The van der Waals surface area contributed by atoms with E-state index >= 15 is 0 Å². The Morgan fingerprint density at radius 1 is 0.750 bits per heavy atom. The van der Waals surface area contributed by atoms with Crippen LogP contribution in [-0.2, 0) is 18.9 Å². The fraction of sp³-hybridized carbons (Fsp3) is 0.300. The Morgan fingerprint density at radius 3 is 1.43 bits per heavy atom. The quantitative estimate of drug-likeness (QED) is 0.347. The first-order chi connectivity index (χ1) is 13.7. The van der Waals surface area contributed by atoms with Crippen LogP contribution in [0, 0.1) is 0 Å². The number of epoxide rings is 2. The highest BCUT2D eigenvalue weighted by molar-refractivity contribution is 8.76. The van der Waals surface area contributed by atoms with Gasteiger partial charge in [0.05, 0.1) is 24.3 Å². The lowest BCUT2D eigenvalue weighted by molar-refractivity contribution is 0.0468. The Bertz CT molecular complexity index is 757. The van der Waals surface area contributed by atoms with E-state index in [1.54, 1.807) is 45.9 Å². The Kier molecular flexibility index (Phi) is 6.21. The van der Waals surface area contributed by atoms with Gasteiger partial charge in [0.25, 0.3) is 0 Å². The van der Waals surface area contributed by atoms with Crippen LogP contribution in [0.1, 0.15) is 20.7 Å². The molecule has 0 aliphatic carbocycles. The van der Waals surface area contributed by atoms with Gasteiger partial charge in [0.15, 0.2) is 0 Å². The predicted molar refractivity (Wildman–Crippen MR) is 105 cm³/mol. The topological polar surface area (TPSA) is 77.7 Å². The minimum absolute atomic E-state index is 0.0654. The predicted octanol–water partition coefficient (Wildman–Crippen LogP) is 3.60. The summed E-state index contributed by atoms with van der Waals surface area (Å²) in [4.78, 5) is 25.8. The lowest BCUT2D eigenvalue weighted by Crippen LogP contribution is -2.09. The molecule has 2 aliphatic rings. The third-order valence-corrected chi connectivity index (χ3v) is 6.44. The van der Waals surface area contributed by atoms with Crippen LogP contribution in [-0.4, -0.2) is 50.6 Å². The van der Waals surface area contributed by atoms with Gasteiger partial charge in [-0.2, -0.15) is 0 Å². The molecule has 2 saturated heterocycles. The third kappa shape index (κ3) is 5.75.